The Bertz CT molecular complexity index is 547. The Morgan fingerprint density at radius 1 is 1.56 bits per heavy atom. The van der Waals surface area contributed by atoms with Crippen molar-refractivity contribution in [2.75, 3.05) is 13.2 Å². The number of aliphatic hydroxyl groups is 1. The van der Waals surface area contributed by atoms with E-state index in [9.17, 15) is 0 Å². The summed E-state index contributed by atoms with van der Waals surface area (Å²) in [4.78, 5) is 12.3. The first-order valence-corrected chi connectivity index (χ1v) is 5.24. The smallest absolute Gasteiger partial charge is 0.391 e. The average molecular weight is 324 g/mol. The Kier molecular flexibility index (Phi) is 4.39. The number of hydrogen-bond donors (Lipinski definition) is 1. The number of hydrogen-bond acceptors (Lipinski definition) is 6. The van der Waals surface area contributed by atoms with Gasteiger partial charge >= 0.3 is 32.7 Å². The molecule has 8 heteroatoms. The summed E-state index contributed by atoms with van der Waals surface area (Å²) in [7, 11) is 0. The maximum atomic E-state index is 8.93. The number of fused-ring (bicyclic) bond motifs is 1. The van der Waals surface area contributed by atoms with E-state index in [4.69, 9.17) is 14.6 Å². The molecule has 2 aromatic heterocycles. The monoisotopic (exact) mass is 324 g/mol. The molecule has 90 valence electrons. The molecule has 1 saturated heterocycles. The van der Waals surface area contributed by atoms with Gasteiger partial charge in [-0.15, -0.1) is 0 Å². The molecule has 0 saturated carbocycles. The van der Waals surface area contributed by atoms with Gasteiger partial charge in [-0.3, -0.25) is 4.98 Å². The van der Waals surface area contributed by atoms with Gasteiger partial charge in [-0.2, -0.15) is 0 Å². The van der Waals surface area contributed by atoms with Crippen LogP contribution in [0.1, 0.15) is 11.9 Å². The van der Waals surface area contributed by atoms with Crippen LogP contribution >= 0.6 is 0 Å². The van der Waals surface area contributed by atoms with Crippen molar-refractivity contribution in [1.82, 2.24) is 19.5 Å². The molecule has 3 heterocycles. The van der Waals surface area contributed by atoms with E-state index in [1.807, 2.05) is 6.92 Å². The van der Waals surface area contributed by atoms with Crippen molar-refractivity contribution in [2.24, 2.45) is 0 Å². The molecule has 2 aromatic rings. The second-order valence-corrected chi connectivity index (χ2v) is 3.77. The van der Waals surface area contributed by atoms with E-state index in [-0.39, 0.29) is 45.5 Å². The molecule has 18 heavy (non-hydrogen) atoms. The Morgan fingerprint density at radius 3 is 3.11 bits per heavy atom. The molecule has 0 amide bonds. The van der Waals surface area contributed by atoms with E-state index in [0.717, 1.165) is 11.2 Å². The van der Waals surface area contributed by atoms with Crippen LogP contribution < -0.4 is 0 Å². The second kappa shape index (κ2) is 5.67. The maximum Gasteiger partial charge on any atom is 3.00 e. The normalized spacial score (nSPS) is 23.2. The molecule has 1 aliphatic heterocycles. The van der Waals surface area contributed by atoms with Crippen LogP contribution in [0.3, 0.4) is 0 Å². The third-order valence-electron chi connectivity index (χ3n) is 2.68. The van der Waals surface area contributed by atoms with Gasteiger partial charge in [0.1, 0.15) is 0 Å². The van der Waals surface area contributed by atoms with Gasteiger partial charge in [-0.1, -0.05) is 6.92 Å². The van der Waals surface area contributed by atoms with Crippen LogP contribution in [-0.4, -0.2) is 44.1 Å². The van der Waals surface area contributed by atoms with Crippen LogP contribution in [0.4, 0.5) is 0 Å². The van der Waals surface area contributed by atoms with E-state index in [2.05, 4.69) is 21.3 Å². The minimum Gasteiger partial charge on any atom is -0.391 e. The summed E-state index contributed by atoms with van der Waals surface area (Å²) in [5, 5.41) is 8.93. The fourth-order valence-corrected chi connectivity index (χ4v) is 1.82. The van der Waals surface area contributed by atoms with Crippen LogP contribution in [0, 0.1) is 13.3 Å². The average Bonchev–Trinajstić information content (AvgIpc) is 2.94. The fraction of sp³-hybridized carbons (Fsp3) is 0.500. The predicted octanol–water partition coefficient (Wildman–Crippen LogP) is -0.204. The number of aryl methyl sites for hydroxylation is 1. The molecule has 2 unspecified atom stereocenters. The molecule has 0 aliphatic carbocycles. The largest absolute Gasteiger partial charge is 3.00 e. The molecule has 2 atom stereocenters. The van der Waals surface area contributed by atoms with Gasteiger partial charge < -0.3 is 29.1 Å². The van der Waals surface area contributed by atoms with Crippen molar-refractivity contribution in [2.45, 2.75) is 19.4 Å². The summed E-state index contributed by atoms with van der Waals surface area (Å²) < 4.78 is 12.5. The number of aromatic nitrogens is 4. The first-order chi connectivity index (χ1) is 8.29. The molecule has 0 bridgehead atoms. The maximum absolute atomic E-state index is 8.93. The number of ether oxygens (including phenoxy) is 2. The van der Waals surface area contributed by atoms with Crippen molar-refractivity contribution >= 4 is 11.2 Å². The Balaban J connectivity index is 0.00000120. The summed E-state index contributed by atoms with van der Waals surface area (Å²) >= 11 is 0. The van der Waals surface area contributed by atoms with Gasteiger partial charge in [-0.05, 0) is 5.69 Å². The first kappa shape index (κ1) is 14.0. The molecule has 3 rings (SSSR count). The van der Waals surface area contributed by atoms with Crippen LogP contribution in [0.5, 0.6) is 0 Å². The molecule has 0 spiro atoms. The first-order valence-electron chi connectivity index (χ1n) is 5.24. The molecule has 0 radical (unpaired) electrons. The molecule has 1 fully saturated rings. The van der Waals surface area contributed by atoms with Gasteiger partial charge in [0, 0.05) is 11.8 Å². The molecule has 7 nitrogen and oxygen atoms in total. The van der Waals surface area contributed by atoms with Crippen molar-refractivity contribution in [3.8, 4) is 0 Å². The Hall–Kier alpha value is -0.466. The van der Waals surface area contributed by atoms with Gasteiger partial charge in [0.15, 0.2) is 12.5 Å². The van der Waals surface area contributed by atoms with Crippen LogP contribution in [0.25, 0.3) is 11.2 Å². The number of nitrogens with zero attached hydrogens (tertiary/aromatic N) is 4. The summed E-state index contributed by atoms with van der Waals surface area (Å²) in [5.41, 5.74) is 2.15. The molecular weight excluding hydrogens is 313 g/mol. The minimum atomic E-state index is -0.579. The quantitative estimate of drug-likeness (QED) is 0.770. The van der Waals surface area contributed by atoms with Crippen LogP contribution in [0.15, 0.2) is 6.33 Å². The number of aliphatic hydroxyl groups excluding tert-OH is 1. The third-order valence-corrected chi connectivity index (χ3v) is 2.68. The summed E-state index contributed by atoms with van der Waals surface area (Å²) in [5.74, 6) is 0. The minimum absolute atomic E-state index is 0. The zero-order chi connectivity index (χ0) is 11.8. The number of rotatable bonds is 2. The van der Waals surface area contributed by atoms with Gasteiger partial charge in [0.25, 0.3) is 0 Å². The third kappa shape index (κ3) is 2.33. The van der Waals surface area contributed by atoms with Gasteiger partial charge in [-0.25, -0.2) is 0 Å². The van der Waals surface area contributed by atoms with E-state index >= 15 is 0 Å². The van der Waals surface area contributed by atoms with E-state index in [1.54, 1.807) is 10.9 Å². The SMILES string of the molecule is Cc1n[c-]nc2c1ncn2C1COC(CO)O1.[Y+3]. The van der Waals surface area contributed by atoms with E-state index < -0.39 is 6.29 Å². The van der Waals surface area contributed by atoms with Crippen LogP contribution in [0.2, 0.25) is 0 Å². The Labute approximate surface area is 128 Å². The molecular formula is C10H11N4O3Y+2. The number of imidazole rings is 1. The standard InChI is InChI=1S/C10H11N4O3.Y/c1-6-9-10(12-4-11-6)14(5-13-9)7-3-16-8(2-15)17-7;/h5,7-8,15H,2-3H2,1H3;/q-1;+3. The zero-order valence-electron chi connectivity index (χ0n) is 9.78. The van der Waals surface area contributed by atoms with Crippen molar-refractivity contribution in [3.63, 3.8) is 0 Å². The van der Waals surface area contributed by atoms with Gasteiger partial charge in [0.2, 0.25) is 0 Å². The zero-order valence-corrected chi connectivity index (χ0v) is 12.6. The van der Waals surface area contributed by atoms with Crippen molar-refractivity contribution < 1.29 is 47.3 Å². The Morgan fingerprint density at radius 2 is 2.39 bits per heavy atom. The van der Waals surface area contributed by atoms with E-state index in [0.29, 0.717) is 12.3 Å². The van der Waals surface area contributed by atoms with E-state index in [1.165, 1.54) is 0 Å². The molecule has 0 aromatic carbocycles. The summed E-state index contributed by atoms with van der Waals surface area (Å²) in [6, 6.07) is 0. The van der Waals surface area contributed by atoms with Gasteiger partial charge in [0.05, 0.1) is 25.2 Å². The molecule has 1 aliphatic rings. The van der Waals surface area contributed by atoms with Crippen molar-refractivity contribution in [3.05, 3.63) is 18.3 Å². The van der Waals surface area contributed by atoms with Crippen LogP contribution in [-0.2, 0) is 42.2 Å². The molecule has 1 N–H and O–H groups in total. The second-order valence-electron chi connectivity index (χ2n) is 3.77. The summed E-state index contributed by atoms with van der Waals surface area (Å²) in [6.45, 7) is 2.05. The van der Waals surface area contributed by atoms with Crippen molar-refractivity contribution in [1.29, 1.82) is 0 Å². The summed E-state index contributed by atoms with van der Waals surface area (Å²) in [6.07, 6.45) is 3.31. The fourth-order valence-electron chi connectivity index (χ4n) is 1.82. The topological polar surface area (TPSA) is 82.3 Å². The predicted molar refractivity (Wildman–Crippen MR) is 55.8 cm³/mol.